The van der Waals surface area contributed by atoms with Gasteiger partial charge in [0.2, 0.25) is 0 Å². The maximum absolute atomic E-state index is 13.7. The average molecular weight is 335 g/mol. The molecule has 7 heteroatoms. The van der Waals surface area contributed by atoms with Crippen LogP contribution in [0.15, 0.2) is 12.1 Å². The zero-order valence-corrected chi connectivity index (χ0v) is 14.0. The van der Waals surface area contributed by atoms with Gasteiger partial charge in [0.15, 0.2) is 11.5 Å². The van der Waals surface area contributed by atoms with Crippen LogP contribution in [0.4, 0.5) is 4.39 Å². The van der Waals surface area contributed by atoms with Gasteiger partial charge in [0.1, 0.15) is 12.4 Å². The van der Waals surface area contributed by atoms with Crippen LogP contribution >= 0.6 is 12.4 Å². The Morgan fingerprint density at radius 3 is 2.09 bits per heavy atom. The van der Waals surface area contributed by atoms with Gasteiger partial charge in [-0.3, -0.25) is 4.90 Å². The molecule has 5 nitrogen and oxygen atoms in total. The van der Waals surface area contributed by atoms with Crippen molar-refractivity contribution in [3.8, 4) is 17.2 Å². The van der Waals surface area contributed by atoms with Gasteiger partial charge in [0, 0.05) is 37.8 Å². The maximum Gasteiger partial charge on any atom is 0.164 e. The maximum atomic E-state index is 13.7. The standard InChI is InChI=1S/C15H23FN2O3.ClH/c1-19-13-9-15(21-3)14(20-2)8-11(13)12(10-16)18-6-4-17-5-7-18;/h8-9,12,17H,4-7,10H2,1-3H3;1H/t12-;/m0./s1. The molecule has 0 saturated carbocycles. The highest BCUT2D eigenvalue weighted by atomic mass is 35.5. The van der Waals surface area contributed by atoms with Crippen molar-refractivity contribution in [2.75, 3.05) is 54.2 Å². The van der Waals surface area contributed by atoms with Crippen LogP contribution < -0.4 is 19.5 Å². The van der Waals surface area contributed by atoms with Gasteiger partial charge in [-0.15, -0.1) is 12.4 Å². The lowest BCUT2D eigenvalue weighted by atomic mass is 10.0. The van der Waals surface area contributed by atoms with E-state index in [1.807, 2.05) is 6.07 Å². The molecule has 22 heavy (non-hydrogen) atoms. The number of nitrogens with one attached hydrogen (secondary N) is 1. The first-order valence-corrected chi connectivity index (χ1v) is 7.05. The summed E-state index contributed by atoms with van der Waals surface area (Å²) in [6.07, 6.45) is 0. The van der Waals surface area contributed by atoms with E-state index in [9.17, 15) is 4.39 Å². The van der Waals surface area contributed by atoms with E-state index in [2.05, 4.69) is 10.2 Å². The van der Waals surface area contributed by atoms with Crippen LogP contribution in [0.1, 0.15) is 11.6 Å². The summed E-state index contributed by atoms with van der Waals surface area (Å²) in [5.74, 6) is 1.78. The van der Waals surface area contributed by atoms with Crippen molar-refractivity contribution in [3.05, 3.63) is 17.7 Å². The smallest absolute Gasteiger partial charge is 0.164 e. The van der Waals surface area contributed by atoms with E-state index >= 15 is 0 Å². The molecule has 1 atom stereocenters. The van der Waals surface area contributed by atoms with Crippen LogP contribution in [-0.4, -0.2) is 59.1 Å². The second-order valence-corrected chi connectivity index (χ2v) is 4.91. The van der Waals surface area contributed by atoms with Crippen molar-refractivity contribution >= 4 is 12.4 Å². The molecule has 0 spiro atoms. The largest absolute Gasteiger partial charge is 0.496 e. The topological polar surface area (TPSA) is 43.0 Å². The van der Waals surface area contributed by atoms with E-state index < -0.39 is 6.67 Å². The Balaban J connectivity index is 0.00000242. The fourth-order valence-corrected chi connectivity index (χ4v) is 2.68. The fraction of sp³-hybridized carbons (Fsp3) is 0.600. The van der Waals surface area contributed by atoms with Crippen molar-refractivity contribution in [1.82, 2.24) is 10.2 Å². The number of halogens is 2. The number of alkyl halides is 1. The van der Waals surface area contributed by atoms with Gasteiger partial charge >= 0.3 is 0 Å². The van der Waals surface area contributed by atoms with Gasteiger partial charge < -0.3 is 19.5 Å². The first-order valence-electron chi connectivity index (χ1n) is 7.05. The summed E-state index contributed by atoms with van der Waals surface area (Å²) in [5.41, 5.74) is 0.791. The molecule has 1 aromatic carbocycles. The minimum absolute atomic E-state index is 0. The number of nitrogens with zero attached hydrogens (tertiary/aromatic N) is 1. The molecule has 1 aromatic rings. The van der Waals surface area contributed by atoms with Gasteiger partial charge in [-0.05, 0) is 6.07 Å². The van der Waals surface area contributed by atoms with Crippen molar-refractivity contribution in [2.45, 2.75) is 6.04 Å². The number of methoxy groups -OCH3 is 3. The average Bonchev–Trinajstić information content (AvgIpc) is 2.56. The summed E-state index contributed by atoms with van der Waals surface area (Å²) in [5, 5.41) is 3.27. The molecule has 0 unspecified atom stereocenters. The molecule has 0 amide bonds. The third-order valence-corrected chi connectivity index (χ3v) is 3.83. The SMILES string of the molecule is COc1cc(OC)c([C@H](CF)N2CCNCC2)cc1OC.Cl. The molecule has 1 aliphatic rings. The Hall–Kier alpha value is -1.24. The highest BCUT2D eigenvalue weighted by molar-refractivity contribution is 5.85. The first-order chi connectivity index (χ1) is 10.2. The monoisotopic (exact) mass is 334 g/mol. The van der Waals surface area contributed by atoms with E-state index in [4.69, 9.17) is 14.2 Å². The Bertz CT molecular complexity index is 470. The van der Waals surface area contributed by atoms with Gasteiger partial charge in [-0.1, -0.05) is 0 Å². The second kappa shape index (κ2) is 9.02. The van der Waals surface area contributed by atoms with Gasteiger partial charge in [-0.2, -0.15) is 0 Å². The van der Waals surface area contributed by atoms with Crippen molar-refractivity contribution < 1.29 is 18.6 Å². The normalized spacial score (nSPS) is 16.5. The molecule has 1 N–H and O–H groups in total. The predicted octanol–water partition coefficient (Wildman–Crippen LogP) is 2.05. The molecule has 1 aliphatic heterocycles. The number of hydrogen-bond donors (Lipinski definition) is 1. The van der Waals surface area contributed by atoms with E-state index in [-0.39, 0.29) is 18.4 Å². The van der Waals surface area contributed by atoms with Crippen LogP contribution in [0.5, 0.6) is 17.2 Å². The quantitative estimate of drug-likeness (QED) is 0.862. The fourth-order valence-electron chi connectivity index (χ4n) is 2.68. The highest BCUT2D eigenvalue weighted by Crippen LogP contribution is 2.39. The molecule has 1 fully saturated rings. The Morgan fingerprint density at radius 1 is 1.05 bits per heavy atom. The summed E-state index contributed by atoms with van der Waals surface area (Å²) in [6.45, 7) is 2.89. The van der Waals surface area contributed by atoms with Crippen LogP contribution in [0.2, 0.25) is 0 Å². The molecule has 0 aliphatic carbocycles. The molecule has 0 aromatic heterocycles. The Kier molecular flexibility index (Phi) is 7.72. The van der Waals surface area contributed by atoms with Crippen LogP contribution in [0.25, 0.3) is 0 Å². The molecule has 1 heterocycles. The zero-order chi connectivity index (χ0) is 15.2. The molecule has 126 valence electrons. The Labute approximate surface area is 137 Å². The summed E-state index contributed by atoms with van der Waals surface area (Å²) in [7, 11) is 4.72. The molecule has 0 bridgehead atoms. The van der Waals surface area contributed by atoms with Crippen LogP contribution in [0, 0.1) is 0 Å². The number of benzene rings is 1. The summed E-state index contributed by atoms with van der Waals surface area (Å²) in [4.78, 5) is 2.13. The third-order valence-electron chi connectivity index (χ3n) is 3.83. The summed E-state index contributed by atoms with van der Waals surface area (Å²) < 4.78 is 29.7. The third kappa shape index (κ3) is 3.94. The molecule has 1 saturated heterocycles. The van der Waals surface area contributed by atoms with Gasteiger partial charge in [-0.25, -0.2) is 4.39 Å². The summed E-state index contributed by atoms with van der Waals surface area (Å²) in [6, 6.07) is 3.23. The lowest BCUT2D eigenvalue weighted by molar-refractivity contribution is 0.144. The van der Waals surface area contributed by atoms with E-state index in [0.717, 1.165) is 31.7 Å². The lowest BCUT2D eigenvalue weighted by Crippen LogP contribution is -2.45. The van der Waals surface area contributed by atoms with Crippen LogP contribution in [0.3, 0.4) is 0 Å². The number of piperazine rings is 1. The number of hydrogen-bond acceptors (Lipinski definition) is 5. The number of rotatable bonds is 6. The van der Waals surface area contributed by atoms with E-state index in [0.29, 0.717) is 17.2 Å². The molecule has 2 rings (SSSR count). The van der Waals surface area contributed by atoms with Crippen molar-refractivity contribution in [3.63, 3.8) is 0 Å². The minimum atomic E-state index is -0.466. The highest BCUT2D eigenvalue weighted by Gasteiger charge is 2.26. The van der Waals surface area contributed by atoms with Crippen molar-refractivity contribution in [2.24, 2.45) is 0 Å². The summed E-state index contributed by atoms with van der Waals surface area (Å²) >= 11 is 0. The molecular weight excluding hydrogens is 311 g/mol. The minimum Gasteiger partial charge on any atom is -0.496 e. The Morgan fingerprint density at radius 2 is 1.59 bits per heavy atom. The predicted molar refractivity (Wildman–Crippen MR) is 86.5 cm³/mol. The molecular formula is C15H24ClFN2O3. The zero-order valence-electron chi connectivity index (χ0n) is 13.2. The first kappa shape index (κ1) is 18.8. The molecule has 0 radical (unpaired) electrons. The van der Waals surface area contributed by atoms with Gasteiger partial charge in [0.25, 0.3) is 0 Å². The lowest BCUT2D eigenvalue weighted by Gasteiger charge is -2.34. The van der Waals surface area contributed by atoms with Crippen molar-refractivity contribution in [1.29, 1.82) is 0 Å². The second-order valence-electron chi connectivity index (χ2n) is 4.91. The van der Waals surface area contributed by atoms with Crippen LogP contribution in [-0.2, 0) is 0 Å². The van der Waals surface area contributed by atoms with E-state index in [1.165, 1.54) is 0 Å². The van der Waals surface area contributed by atoms with Gasteiger partial charge in [0.05, 0.1) is 27.4 Å². The van der Waals surface area contributed by atoms with E-state index in [1.54, 1.807) is 27.4 Å². The number of ether oxygens (including phenoxy) is 3.